The second-order valence-electron chi connectivity index (χ2n) is 4.86. The fraction of sp³-hybridized carbons (Fsp3) is 0.750. The van der Waals surface area contributed by atoms with Gasteiger partial charge >= 0.3 is 6.09 Å². The molecule has 1 amide bonds. The molecule has 0 aromatic rings. The zero-order valence-corrected chi connectivity index (χ0v) is 11.0. The van der Waals surface area contributed by atoms with E-state index in [0.29, 0.717) is 13.1 Å². The SMILES string of the molecule is C#CCNC(CN)C(C)NC(=O)OC(C)(C)C. The quantitative estimate of drug-likeness (QED) is 0.611. The minimum atomic E-state index is -0.506. The molecule has 0 aliphatic heterocycles. The lowest BCUT2D eigenvalue weighted by atomic mass is 10.1. The molecule has 0 heterocycles. The van der Waals surface area contributed by atoms with Gasteiger partial charge in [-0.25, -0.2) is 4.79 Å². The van der Waals surface area contributed by atoms with E-state index < -0.39 is 11.7 Å². The second-order valence-corrected chi connectivity index (χ2v) is 4.86. The monoisotopic (exact) mass is 241 g/mol. The van der Waals surface area contributed by atoms with Crippen molar-refractivity contribution in [3.8, 4) is 12.3 Å². The van der Waals surface area contributed by atoms with Crippen LogP contribution in [0, 0.1) is 12.3 Å². The maximum absolute atomic E-state index is 11.5. The van der Waals surface area contributed by atoms with Crippen LogP contribution in [0.4, 0.5) is 4.79 Å². The molecule has 0 spiro atoms. The Bertz CT molecular complexity index is 278. The Balaban J connectivity index is 4.17. The Hall–Kier alpha value is -1.25. The molecule has 0 saturated carbocycles. The highest BCUT2D eigenvalue weighted by Crippen LogP contribution is 2.07. The predicted molar refractivity (Wildman–Crippen MR) is 68.5 cm³/mol. The van der Waals surface area contributed by atoms with E-state index in [1.165, 1.54) is 0 Å². The van der Waals surface area contributed by atoms with Crippen LogP contribution in [0.25, 0.3) is 0 Å². The molecule has 0 aliphatic rings. The summed E-state index contributed by atoms with van der Waals surface area (Å²) in [5.74, 6) is 2.47. The van der Waals surface area contributed by atoms with E-state index in [0.717, 1.165) is 0 Å². The van der Waals surface area contributed by atoms with Gasteiger partial charge in [0.2, 0.25) is 0 Å². The molecule has 2 unspecified atom stereocenters. The number of hydrogen-bond acceptors (Lipinski definition) is 4. The molecule has 0 saturated heterocycles. The van der Waals surface area contributed by atoms with E-state index in [1.54, 1.807) is 0 Å². The predicted octanol–water partition coefficient (Wildman–Crippen LogP) is 0.450. The van der Waals surface area contributed by atoms with Crippen molar-refractivity contribution in [1.82, 2.24) is 10.6 Å². The summed E-state index contributed by atoms with van der Waals surface area (Å²) in [4.78, 5) is 11.5. The highest BCUT2D eigenvalue weighted by Gasteiger charge is 2.21. The van der Waals surface area contributed by atoms with E-state index in [2.05, 4.69) is 16.6 Å². The average molecular weight is 241 g/mol. The first-order chi connectivity index (χ1) is 7.80. The summed E-state index contributed by atoms with van der Waals surface area (Å²) in [6.45, 7) is 8.10. The molecule has 0 bridgehead atoms. The van der Waals surface area contributed by atoms with Crippen LogP contribution in [0.1, 0.15) is 27.7 Å². The van der Waals surface area contributed by atoms with Crippen molar-refractivity contribution in [3.63, 3.8) is 0 Å². The lowest BCUT2D eigenvalue weighted by molar-refractivity contribution is 0.0499. The van der Waals surface area contributed by atoms with Gasteiger partial charge in [-0.3, -0.25) is 0 Å². The summed E-state index contributed by atoms with van der Waals surface area (Å²) in [6.07, 6.45) is 4.70. The van der Waals surface area contributed by atoms with E-state index in [1.807, 2.05) is 27.7 Å². The molecule has 0 aromatic carbocycles. The van der Waals surface area contributed by atoms with Crippen molar-refractivity contribution < 1.29 is 9.53 Å². The van der Waals surface area contributed by atoms with Crippen molar-refractivity contribution in [3.05, 3.63) is 0 Å². The molecule has 98 valence electrons. The number of ether oxygens (including phenoxy) is 1. The number of alkyl carbamates (subject to hydrolysis) is 1. The van der Waals surface area contributed by atoms with Crippen molar-refractivity contribution in [2.75, 3.05) is 13.1 Å². The molecule has 0 radical (unpaired) electrons. The van der Waals surface area contributed by atoms with Gasteiger partial charge in [0.1, 0.15) is 5.60 Å². The van der Waals surface area contributed by atoms with Crippen LogP contribution in [0.5, 0.6) is 0 Å². The summed E-state index contributed by atoms with van der Waals surface area (Å²) < 4.78 is 5.15. The largest absolute Gasteiger partial charge is 0.444 e. The lowest BCUT2D eigenvalue weighted by Crippen LogP contribution is -2.52. The number of amides is 1. The van der Waals surface area contributed by atoms with Crippen LogP contribution >= 0.6 is 0 Å². The zero-order valence-electron chi connectivity index (χ0n) is 11.0. The van der Waals surface area contributed by atoms with Crippen molar-refractivity contribution in [1.29, 1.82) is 0 Å². The maximum atomic E-state index is 11.5. The van der Waals surface area contributed by atoms with Gasteiger partial charge in [0.15, 0.2) is 0 Å². The molecule has 0 rings (SSSR count). The van der Waals surface area contributed by atoms with E-state index in [9.17, 15) is 4.79 Å². The van der Waals surface area contributed by atoms with Gasteiger partial charge in [0.25, 0.3) is 0 Å². The van der Waals surface area contributed by atoms with Gasteiger partial charge in [-0.2, -0.15) is 0 Å². The molecule has 0 fully saturated rings. The normalized spacial score (nSPS) is 14.6. The number of carbonyl (C=O) groups is 1. The highest BCUT2D eigenvalue weighted by atomic mass is 16.6. The number of carbonyl (C=O) groups excluding carboxylic acids is 1. The third kappa shape index (κ3) is 7.61. The van der Waals surface area contributed by atoms with Gasteiger partial charge in [-0.1, -0.05) is 5.92 Å². The van der Waals surface area contributed by atoms with E-state index >= 15 is 0 Å². The fourth-order valence-electron chi connectivity index (χ4n) is 1.25. The maximum Gasteiger partial charge on any atom is 0.407 e. The van der Waals surface area contributed by atoms with Crippen LogP contribution < -0.4 is 16.4 Å². The Morgan fingerprint density at radius 2 is 2.12 bits per heavy atom. The Morgan fingerprint density at radius 1 is 1.53 bits per heavy atom. The minimum Gasteiger partial charge on any atom is -0.444 e. The molecule has 5 heteroatoms. The average Bonchev–Trinajstić information content (AvgIpc) is 2.15. The Labute approximate surface area is 103 Å². The first-order valence-electron chi connectivity index (χ1n) is 5.66. The van der Waals surface area contributed by atoms with Crippen LogP contribution in [0.2, 0.25) is 0 Å². The number of hydrogen-bond donors (Lipinski definition) is 3. The second kappa shape index (κ2) is 7.15. The zero-order chi connectivity index (χ0) is 13.5. The smallest absolute Gasteiger partial charge is 0.407 e. The van der Waals surface area contributed by atoms with Crippen LogP contribution in [-0.2, 0) is 4.74 Å². The summed E-state index contributed by atoms with van der Waals surface area (Å²) in [7, 11) is 0. The first-order valence-corrected chi connectivity index (χ1v) is 5.66. The van der Waals surface area contributed by atoms with Crippen LogP contribution in [0.15, 0.2) is 0 Å². The Morgan fingerprint density at radius 3 is 2.53 bits per heavy atom. The van der Waals surface area contributed by atoms with Crippen LogP contribution in [-0.4, -0.2) is 36.9 Å². The third-order valence-electron chi connectivity index (χ3n) is 2.07. The van der Waals surface area contributed by atoms with Gasteiger partial charge in [-0.15, -0.1) is 6.42 Å². The topological polar surface area (TPSA) is 76.4 Å². The summed E-state index contributed by atoms with van der Waals surface area (Å²) in [6, 6.07) is -0.221. The molecule has 17 heavy (non-hydrogen) atoms. The van der Waals surface area contributed by atoms with Crippen molar-refractivity contribution in [2.24, 2.45) is 5.73 Å². The van der Waals surface area contributed by atoms with Gasteiger partial charge in [0.05, 0.1) is 6.54 Å². The van der Waals surface area contributed by atoms with E-state index in [-0.39, 0.29) is 12.1 Å². The number of nitrogens with two attached hydrogens (primary N) is 1. The first kappa shape index (κ1) is 15.8. The molecule has 0 aliphatic carbocycles. The summed E-state index contributed by atoms with van der Waals surface area (Å²) in [5.41, 5.74) is 5.09. The number of rotatable bonds is 5. The molecule has 4 N–H and O–H groups in total. The van der Waals surface area contributed by atoms with Crippen molar-refractivity contribution in [2.45, 2.75) is 45.4 Å². The lowest BCUT2D eigenvalue weighted by Gasteiger charge is -2.26. The third-order valence-corrected chi connectivity index (χ3v) is 2.07. The van der Waals surface area contributed by atoms with E-state index in [4.69, 9.17) is 16.9 Å². The van der Waals surface area contributed by atoms with Crippen LogP contribution in [0.3, 0.4) is 0 Å². The van der Waals surface area contributed by atoms with Crippen molar-refractivity contribution >= 4 is 6.09 Å². The number of terminal acetylenes is 1. The summed E-state index contributed by atoms with van der Waals surface area (Å²) >= 11 is 0. The van der Waals surface area contributed by atoms with Gasteiger partial charge < -0.3 is 21.1 Å². The summed E-state index contributed by atoms with van der Waals surface area (Å²) in [5, 5.41) is 5.78. The molecule has 2 atom stereocenters. The number of nitrogens with one attached hydrogen (secondary N) is 2. The van der Waals surface area contributed by atoms with Gasteiger partial charge in [-0.05, 0) is 27.7 Å². The Kier molecular flexibility index (Phi) is 6.62. The fourth-order valence-corrected chi connectivity index (χ4v) is 1.25. The molecule has 0 aromatic heterocycles. The standard InChI is InChI=1S/C12H23N3O2/c1-6-7-14-10(8-13)9(2)15-11(16)17-12(3,4)5/h1,9-10,14H,7-8,13H2,2-5H3,(H,15,16). The molecule has 5 nitrogen and oxygen atoms in total. The molecular weight excluding hydrogens is 218 g/mol. The molecular formula is C12H23N3O2. The highest BCUT2D eigenvalue weighted by molar-refractivity contribution is 5.68. The minimum absolute atomic E-state index is 0.0708. The van der Waals surface area contributed by atoms with Gasteiger partial charge in [0, 0.05) is 18.6 Å².